The summed E-state index contributed by atoms with van der Waals surface area (Å²) in [5.41, 5.74) is -0.891. The van der Waals surface area contributed by atoms with Crippen LogP contribution >= 0.6 is 23.5 Å². The highest BCUT2D eigenvalue weighted by Crippen LogP contribution is 2.41. The van der Waals surface area contributed by atoms with Gasteiger partial charge in [0.1, 0.15) is 0 Å². The molecular formula is C20H23F3N2O2S2. The first-order valence-electron chi connectivity index (χ1n) is 9.69. The number of nitrogens with one attached hydrogen (secondary N) is 1. The maximum Gasteiger partial charge on any atom is 0.417 e. The summed E-state index contributed by atoms with van der Waals surface area (Å²) in [6.07, 6.45) is -2.36. The predicted molar refractivity (Wildman–Crippen MR) is 114 cm³/mol. The van der Waals surface area contributed by atoms with Crippen LogP contribution in [0.1, 0.15) is 31.7 Å². The number of aliphatic hydroxyl groups excluding tert-OH is 1. The summed E-state index contributed by atoms with van der Waals surface area (Å²) in [5.74, 6) is 2.05. The first-order valence-corrected chi connectivity index (χ1v) is 11.8. The topological polar surface area (TPSA) is 56.3 Å². The van der Waals surface area contributed by atoms with Gasteiger partial charge >= 0.3 is 6.18 Å². The van der Waals surface area contributed by atoms with Gasteiger partial charge in [0.05, 0.1) is 22.3 Å². The summed E-state index contributed by atoms with van der Waals surface area (Å²) in [6.45, 7) is 2.04. The number of hydrogen-bond acceptors (Lipinski definition) is 5. The van der Waals surface area contributed by atoms with E-state index in [0.717, 1.165) is 30.8 Å². The molecule has 4 nitrogen and oxygen atoms in total. The van der Waals surface area contributed by atoms with Crippen LogP contribution in [0, 0.1) is 0 Å². The van der Waals surface area contributed by atoms with Gasteiger partial charge in [-0.1, -0.05) is 0 Å². The van der Waals surface area contributed by atoms with Gasteiger partial charge < -0.3 is 15.0 Å². The Morgan fingerprint density at radius 1 is 1.21 bits per heavy atom. The average Bonchev–Trinajstić information content (AvgIpc) is 3.07. The number of hydrogen-bond donors (Lipinski definition) is 2. The lowest BCUT2D eigenvalue weighted by Crippen LogP contribution is -2.46. The Labute approximate surface area is 175 Å². The van der Waals surface area contributed by atoms with Crippen LogP contribution in [0.25, 0.3) is 10.9 Å². The molecule has 2 aliphatic rings. The summed E-state index contributed by atoms with van der Waals surface area (Å²) >= 11 is 3.53. The van der Waals surface area contributed by atoms with E-state index in [4.69, 9.17) is 0 Å². The van der Waals surface area contributed by atoms with E-state index in [1.165, 1.54) is 12.1 Å². The number of pyridine rings is 1. The number of nitrogens with zero attached hydrogens (tertiary/aromatic N) is 1. The second-order valence-electron chi connectivity index (χ2n) is 7.63. The van der Waals surface area contributed by atoms with Crippen molar-refractivity contribution in [2.75, 3.05) is 16.4 Å². The molecule has 3 atom stereocenters. The Bertz CT molecular complexity index is 943. The molecule has 2 saturated heterocycles. The molecule has 2 aliphatic heterocycles. The Morgan fingerprint density at radius 2 is 1.93 bits per heavy atom. The minimum Gasteiger partial charge on any atom is -0.389 e. The molecule has 9 heteroatoms. The third kappa shape index (κ3) is 4.14. The predicted octanol–water partition coefficient (Wildman–Crippen LogP) is 4.46. The summed E-state index contributed by atoms with van der Waals surface area (Å²) in [5, 5.41) is 11.0. The van der Waals surface area contributed by atoms with Crippen LogP contribution in [0.3, 0.4) is 0 Å². The fourth-order valence-corrected chi connectivity index (χ4v) is 7.31. The summed E-state index contributed by atoms with van der Waals surface area (Å²) < 4.78 is 40.6. The number of aliphatic hydroxyl groups is 1. The molecule has 0 unspecified atom stereocenters. The summed E-state index contributed by atoms with van der Waals surface area (Å²) in [7, 11) is 0. The maximum absolute atomic E-state index is 13.5. The highest BCUT2D eigenvalue weighted by molar-refractivity contribution is 8.17. The molecule has 158 valence electrons. The molecule has 0 aliphatic carbocycles. The summed E-state index contributed by atoms with van der Waals surface area (Å²) in [4.78, 5) is 16.2. The zero-order valence-corrected chi connectivity index (χ0v) is 17.5. The Hall–Kier alpha value is -1.32. The Morgan fingerprint density at radius 3 is 2.62 bits per heavy atom. The smallest absolute Gasteiger partial charge is 0.389 e. The van der Waals surface area contributed by atoms with Crippen molar-refractivity contribution < 1.29 is 18.3 Å². The Balaban J connectivity index is 1.73. The normalized spacial score (nSPS) is 24.9. The van der Waals surface area contributed by atoms with E-state index in [2.05, 4.69) is 9.88 Å². The van der Waals surface area contributed by atoms with E-state index in [9.17, 15) is 23.1 Å². The van der Waals surface area contributed by atoms with Crippen LogP contribution in [0.5, 0.6) is 0 Å². The van der Waals surface area contributed by atoms with E-state index in [1.807, 2.05) is 6.92 Å². The minimum absolute atomic E-state index is 0.0247. The van der Waals surface area contributed by atoms with Gasteiger partial charge in [-0.3, -0.25) is 4.79 Å². The maximum atomic E-state index is 13.5. The molecular weight excluding hydrogens is 421 g/mol. The van der Waals surface area contributed by atoms with Crippen LogP contribution in [0.15, 0.2) is 29.1 Å². The molecule has 0 saturated carbocycles. The highest BCUT2D eigenvalue weighted by Gasteiger charge is 2.40. The van der Waals surface area contributed by atoms with Gasteiger partial charge in [-0.25, -0.2) is 0 Å². The fraction of sp³-hybridized carbons (Fsp3) is 0.550. The van der Waals surface area contributed by atoms with Crippen LogP contribution in [-0.4, -0.2) is 44.4 Å². The molecule has 2 N–H and O–H groups in total. The monoisotopic (exact) mass is 444 g/mol. The zero-order chi connectivity index (χ0) is 20.8. The first-order chi connectivity index (χ1) is 13.8. The van der Waals surface area contributed by atoms with Gasteiger partial charge in [-0.05, 0) is 55.9 Å². The molecule has 0 amide bonds. The molecule has 1 aromatic heterocycles. The Kier molecular flexibility index (Phi) is 5.83. The van der Waals surface area contributed by atoms with Crippen LogP contribution in [0.2, 0.25) is 0 Å². The number of anilines is 1. The molecule has 0 bridgehead atoms. The number of benzene rings is 1. The number of fused-ring (bicyclic) bond motifs is 1. The molecule has 0 spiro atoms. The van der Waals surface area contributed by atoms with Gasteiger partial charge in [0.15, 0.2) is 0 Å². The molecule has 0 radical (unpaired) electrons. The molecule has 4 rings (SSSR count). The van der Waals surface area contributed by atoms with Gasteiger partial charge in [-0.15, -0.1) is 23.5 Å². The van der Waals surface area contributed by atoms with Crippen LogP contribution < -0.4 is 10.5 Å². The van der Waals surface area contributed by atoms with Crippen LogP contribution in [0.4, 0.5) is 18.9 Å². The van der Waals surface area contributed by atoms with Crippen molar-refractivity contribution in [3.05, 3.63) is 40.2 Å². The number of aromatic amines is 1. The van der Waals surface area contributed by atoms with E-state index < -0.39 is 23.4 Å². The largest absolute Gasteiger partial charge is 0.417 e. The lowest BCUT2D eigenvalue weighted by atomic mass is 10.1. The fourth-order valence-electron chi connectivity index (χ4n) is 4.32. The van der Waals surface area contributed by atoms with Crippen molar-refractivity contribution in [3.8, 4) is 0 Å². The molecule has 2 aromatic rings. The number of alkyl halides is 3. The second kappa shape index (κ2) is 8.07. The minimum atomic E-state index is -4.62. The van der Waals surface area contributed by atoms with Crippen molar-refractivity contribution in [2.24, 2.45) is 0 Å². The van der Waals surface area contributed by atoms with Gasteiger partial charge in [0.2, 0.25) is 5.56 Å². The lowest BCUT2D eigenvalue weighted by molar-refractivity contribution is -0.136. The SMILES string of the molecule is C[C@@H]1CC[C@H]([C@H](O)C2SCCCS2)N1c1ccc2[nH]c(=O)cc(C(F)(F)F)c2c1. The molecule has 1 aromatic carbocycles. The second-order valence-corrected chi connectivity index (χ2v) is 10.4. The van der Waals surface area contributed by atoms with Crippen molar-refractivity contribution in [1.29, 1.82) is 0 Å². The average molecular weight is 445 g/mol. The van der Waals surface area contributed by atoms with Crippen molar-refractivity contribution in [3.63, 3.8) is 0 Å². The van der Waals surface area contributed by atoms with Crippen molar-refractivity contribution in [1.82, 2.24) is 4.98 Å². The zero-order valence-electron chi connectivity index (χ0n) is 15.9. The molecule has 29 heavy (non-hydrogen) atoms. The van der Waals surface area contributed by atoms with Crippen molar-refractivity contribution >= 4 is 40.1 Å². The standard InChI is InChI=1S/C20H23F3N2O2S2/c1-11-3-6-16(18(27)19-28-7-2-8-29-19)25(11)12-4-5-15-13(9-12)14(20(21,22)23)10-17(26)24-15/h4-5,9-11,16,18-19,27H,2-3,6-8H2,1H3,(H,24,26)/t11-,16-,18+/m1/s1. The van der Waals surface area contributed by atoms with E-state index in [1.54, 1.807) is 29.6 Å². The lowest BCUT2D eigenvalue weighted by Gasteiger charge is -2.37. The number of halogens is 3. The van der Waals surface area contributed by atoms with Crippen molar-refractivity contribution in [2.45, 2.75) is 55.1 Å². The number of H-pyrrole nitrogens is 1. The number of aromatic nitrogens is 1. The summed E-state index contributed by atoms with van der Waals surface area (Å²) in [6, 6.07) is 5.35. The van der Waals surface area contributed by atoms with Gasteiger partial charge in [0.25, 0.3) is 0 Å². The van der Waals surface area contributed by atoms with E-state index in [0.29, 0.717) is 11.8 Å². The number of rotatable bonds is 3. The van der Waals surface area contributed by atoms with E-state index >= 15 is 0 Å². The van der Waals surface area contributed by atoms with Gasteiger partial charge in [-0.2, -0.15) is 13.2 Å². The highest BCUT2D eigenvalue weighted by atomic mass is 32.2. The van der Waals surface area contributed by atoms with Crippen LogP contribution in [-0.2, 0) is 6.18 Å². The van der Waals surface area contributed by atoms with E-state index in [-0.39, 0.29) is 27.6 Å². The quantitative estimate of drug-likeness (QED) is 0.732. The third-order valence-electron chi connectivity index (χ3n) is 5.67. The third-order valence-corrected chi connectivity index (χ3v) is 8.75. The number of thioether (sulfide) groups is 2. The van der Waals surface area contributed by atoms with Gasteiger partial charge in [0, 0.05) is 28.7 Å². The first kappa shape index (κ1) is 20.9. The molecule has 3 heterocycles. The molecule has 2 fully saturated rings.